The monoisotopic (exact) mass is 326 g/mol. The number of hydrogen-bond donors (Lipinski definition) is 1. The van der Waals surface area contributed by atoms with Crippen molar-refractivity contribution in [3.63, 3.8) is 0 Å². The highest BCUT2D eigenvalue weighted by atomic mass is 16.6. The fourth-order valence-electron chi connectivity index (χ4n) is 2.75. The highest BCUT2D eigenvalue weighted by Crippen LogP contribution is 2.26. The van der Waals surface area contributed by atoms with Crippen molar-refractivity contribution in [3.8, 4) is 0 Å². The quantitative estimate of drug-likeness (QED) is 0.838. The van der Waals surface area contributed by atoms with Crippen molar-refractivity contribution in [1.82, 2.24) is 10.2 Å². The van der Waals surface area contributed by atoms with Gasteiger partial charge in [0.25, 0.3) is 0 Å². The number of carbonyl (C=O) groups is 1. The van der Waals surface area contributed by atoms with Gasteiger partial charge in [-0.25, -0.2) is 4.79 Å². The van der Waals surface area contributed by atoms with Crippen molar-refractivity contribution in [3.05, 3.63) is 0 Å². The van der Waals surface area contributed by atoms with Crippen LogP contribution >= 0.6 is 0 Å². The third-order valence-electron chi connectivity index (χ3n) is 5.04. The maximum atomic E-state index is 12.3. The second-order valence-corrected chi connectivity index (χ2v) is 9.29. The van der Waals surface area contributed by atoms with Gasteiger partial charge >= 0.3 is 6.09 Å². The molecule has 3 atom stereocenters. The SMILES string of the molecule is CC(NCC(C)C(C)(C)C)C1CCCN(C(=O)OC(C)(C)C)C1. The normalized spacial score (nSPS) is 22.6. The first kappa shape index (κ1) is 20.3. The molecule has 0 aromatic rings. The van der Waals surface area contributed by atoms with Crippen molar-refractivity contribution in [1.29, 1.82) is 0 Å². The summed E-state index contributed by atoms with van der Waals surface area (Å²) < 4.78 is 5.51. The molecule has 23 heavy (non-hydrogen) atoms. The van der Waals surface area contributed by atoms with E-state index in [1.54, 1.807) is 0 Å². The number of likely N-dealkylation sites (tertiary alicyclic amines) is 1. The number of nitrogens with one attached hydrogen (secondary N) is 1. The summed E-state index contributed by atoms with van der Waals surface area (Å²) in [6.07, 6.45) is 2.07. The van der Waals surface area contributed by atoms with Crippen molar-refractivity contribution in [2.75, 3.05) is 19.6 Å². The number of hydrogen-bond acceptors (Lipinski definition) is 3. The van der Waals surface area contributed by atoms with E-state index >= 15 is 0 Å². The average molecular weight is 327 g/mol. The Hall–Kier alpha value is -0.770. The lowest BCUT2D eigenvalue weighted by Gasteiger charge is -2.37. The van der Waals surface area contributed by atoms with E-state index in [4.69, 9.17) is 4.74 Å². The first-order valence-corrected chi connectivity index (χ1v) is 9.11. The van der Waals surface area contributed by atoms with Crippen molar-refractivity contribution in [2.45, 2.75) is 79.9 Å². The second kappa shape index (κ2) is 7.87. The number of amides is 1. The lowest BCUT2D eigenvalue weighted by atomic mass is 9.81. The molecule has 136 valence electrons. The highest BCUT2D eigenvalue weighted by Gasteiger charge is 2.30. The Bertz CT molecular complexity index is 382. The summed E-state index contributed by atoms with van der Waals surface area (Å²) in [6, 6.07) is 0.421. The van der Waals surface area contributed by atoms with Crippen LogP contribution in [0.2, 0.25) is 0 Å². The van der Waals surface area contributed by atoms with Crippen LogP contribution in [-0.4, -0.2) is 42.3 Å². The van der Waals surface area contributed by atoms with Gasteiger partial charge in [-0.1, -0.05) is 27.7 Å². The van der Waals surface area contributed by atoms with Gasteiger partial charge in [-0.2, -0.15) is 0 Å². The molecule has 4 nitrogen and oxygen atoms in total. The molecule has 0 radical (unpaired) electrons. The summed E-state index contributed by atoms with van der Waals surface area (Å²) in [6.45, 7) is 19.8. The van der Waals surface area contributed by atoms with Crippen molar-refractivity contribution < 1.29 is 9.53 Å². The van der Waals surface area contributed by atoms with Crippen LogP contribution < -0.4 is 5.32 Å². The lowest BCUT2D eigenvalue weighted by molar-refractivity contribution is 0.0147. The summed E-state index contributed by atoms with van der Waals surface area (Å²) in [4.78, 5) is 14.1. The zero-order valence-corrected chi connectivity index (χ0v) is 16.5. The van der Waals surface area contributed by atoms with Gasteiger partial charge in [-0.05, 0) is 64.3 Å². The lowest BCUT2D eigenvalue weighted by Crippen LogP contribution is -2.48. The number of nitrogens with zero attached hydrogens (tertiary/aromatic N) is 1. The Morgan fingerprint density at radius 3 is 2.35 bits per heavy atom. The van der Waals surface area contributed by atoms with E-state index in [2.05, 4.69) is 39.9 Å². The Kier molecular flexibility index (Phi) is 6.94. The molecule has 1 aliphatic heterocycles. The van der Waals surface area contributed by atoms with Crippen molar-refractivity contribution in [2.24, 2.45) is 17.3 Å². The summed E-state index contributed by atoms with van der Waals surface area (Å²) in [7, 11) is 0. The standard InChI is InChI=1S/C19H38N2O2/c1-14(18(3,4)5)12-20-15(2)16-10-9-11-21(13-16)17(22)23-19(6,7)8/h14-16,20H,9-13H2,1-8H3. The van der Waals surface area contributed by atoms with Crippen LogP contribution in [-0.2, 0) is 4.74 Å². The molecule has 1 saturated heterocycles. The molecule has 0 aromatic heterocycles. The van der Waals surface area contributed by atoms with Crippen LogP contribution in [0, 0.1) is 17.3 Å². The van der Waals surface area contributed by atoms with Crippen LogP contribution in [0.3, 0.4) is 0 Å². The van der Waals surface area contributed by atoms with E-state index in [-0.39, 0.29) is 6.09 Å². The molecule has 0 spiro atoms. The van der Waals surface area contributed by atoms with Gasteiger partial charge in [0.05, 0.1) is 0 Å². The zero-order valence-electron chi connectivity index (χ0n) is 16.5. The summed E-state index contributed by atoms with van der Waals surface area (Å²) >= 11 is 0. The predicted molar refractivity (Wildman–Crippen MR) is 96.6 cm³/mol. The number of carbonyl (C=O) groups excluding carboxylic acids is 1. The van der Waals surface area contributed by atoms with Crippen LogP contribution in [0.15, 0.2) is 0 Å². The molecule has 1 fully saturated rings. The molecule has 1 N–H and O–H groups in total. The maximum Gasteiger partial charge on any atom is 0.410 e. The molecule has 4 heteroatoms. The molecule has 1 rings (SSSR count). The van der Waals surface area contributed by atoms with Gasteiger partial charge < -0.3 is 15.0 Å². The minimum atomic E-state index is -0.421. The highest BCUT2D eigenvalue weighted by molar-refractivity contribution is 5.68. The van der Waals surface area contributed by atoms with Gasteiger partial charge in [0, 0.05) is 19.1 Å². The predicted octanol–water partition coefficient (Wildman–Crippen LogP) is 4.29. The Morgan fingerprint density at radius 2 is 1.83 bits per heavy atom. The van der Waals surface area contributed by atoms with Gasteiger partial charge in [0.15, 0.2) is 0 Å². The fraction of sp³-hybridized carbons (Fsp3) is 0.947. The van der Waals surface area contributed by atoms with Gasteiger partial charge in [-0.15, -0.1) is 0 Å². The molecule has 0 saturated carbocycles. The minimum Gasteiger partial charge on any atom is -0.444 e. The van der Waals surface area contributed by atoms with E-state index in [0.29, 0.717) is 23.3 Å². The van der Waals surface area contributed by atoms with E-state index in [9.17, 15) is 4.79 Å². The average Bonchev–Trinajstić information content (AvgIpc) is 2.41. The fourth-order valence-corrected chi connectivity index (χ4v) is 2.75. The molecule has 0 bridgehead atoms. The van der Waals surface area contributed by atoms with E-state index < -0.39 is 5.60 Å². The number of ether oxygens (including phenoxy) is 1. The third kappa shape index (κ3) is 7.11. The number of piperidine rings is 1. The summed E-state index contributed by atoms with van der Waals surface area (Å²) in [5.74, 6) is 1.12. The topological polar surface area (TPSA) is 41.6 Å². The van der Waals surface area contributed by atoms with Gasteiger partial charge in [0.1, 0.15) is 5.60 Å². The van der Waals surface area contributed by atoms with E-state index in [0.717, 1.165) is 26.1 Å². The Balaban J connectivity index is 2.49. The Morgan fingerprint density at radius 1 is 1.22 bits per heavy atom. The molecule has 0 aromatic carbocycles. The summed E-state index contributed by atoms with van der Waals surface area (Å²) in [5.41, 5.74) is -0.0993. The third-order valence-corrected chi connectivity index (χ3v) is 5.04. The second-order valence-electron chi connectivity index (χ2n) is 9.29. The molecular formula is C19H38N2O2. The van der Waals surface area contributed by atoms with Crippen molar-refractivity contribution >= 4 is 6.09 Å². The molecule has 0 aliphatic carbocycles. The summed E-state index contributed by atoms with van der Waals surface area (Å²) in [5, 5.41) is 3.69. The first-order valence-electron chi connectivity index (χ1n) is 9.11. The van der Waals surface area contributed by atoms with Crippen LogP contribution in [0.25, 0.3) is 0 Å². The number of rotatable bonds is 4. The van der Waals surface area contributed by atoms with E-state index in [1.165, 1.54) is 6.42 Å². The molecule has 1 aliphatic rings. The minimum absolute atomic E-state index is 0.169. The maximum absolute atomic E-state index is 12.3. The smallest absolute Gasteiger partial charge is 0.410 e. The van der Waals surface area contributed by atoms with Gasteiger partial charge in [0.2, 0.25) is 0 Å². The van der Waals surface area contributed by atoms with Crippen LogP contribution in [0.1, 0.15) is 68.2 Å². The first-order chi connectivity index (χ1) is 10.4. The molecule has 1 amide bonds. The van der Waals surface area contributed by atoms with Crippen LogP contribution in [0.5, 0.6) is 0 Å². The Labute approximate surface area is 143 Å². The van der Waals surface area contributed by atoms with E-state index in [1.807, 2.05) is 25.7 Å². The molecule has 1 heterocycles. The molecular weight excluding hydrogens is 288 g/mol. The largest absolute Gasteiger partial charge is 0.444 e. The molecule has 3 unspecified atom stereocenters. The van der Waals surface area contributed by atoms with Gasteiger partial charge in [-0.3, -0.25) is 0 Å². The zero-order chi connectivity index (χ0) is 17.8. The van der Waals surface area contributed by atoms with Crippen LogP contribution in [0.4, 0.5) is 4.79 Å².